The van der Waals surface area contributed by atoms with Crippen LogP contribution in [0.1, 0.15) is 50.2 Å². The third-order valence-electron chi connectivity index (χ3n) is 4.28. The number of aryl methyl sites for hydroxylation is 1. The summed E-state index contributed by atoms with van der Waals surface area (Å²) >= 11 is 1.46. The van der Waals surface area contributed by atoms with Gasteiger partial charge in [-0.05, 0) is 46.0 Å². The number of nitrogens with one attached hydrogen (secondary N) is 2. The Bertz CT molecular complexity index is 652. The summed E-state index contributed by atoms with van der Waals surface area (Å²) in [4.78, 5) is 31.5. The Morgan fingerprint density at radius 2 is 2.12 bits per heavy atom. The second-order valence-electron chi connectivity index (χ2n) is 7.32. The van der Waals surface area contributed by atoms with Crippen molar-refractivity contribution in [2.45, 2.75) is 51.7 Å². The normalized spacial score (nSPS) is 22.6. The molecule has 1 aliphatic heterocycles. The summed E-state index contributed by atoms with van der Waals surface area (Å²) in [5.41, 5.74) is 0.485. The van der Waals surface area contributed by atoms with Crippen molar-refractivity contribution in [2.24, 2.45) is 5.92 Å². The standard InChI is InChI=1S/C16H24N4O3S/c1-16(2,3)23-15(22)20-8-9-5-6-10-12(11(20)7-9)24-14(18-10)19-13(21)17-4/h9,11H,5-8H2,1-4H3,(H2,17,18,19,21). The molecule has 2 N–H and O–H groups in total. The van der Waals surface area contributed by atoms with Crippen LogP contribution in [-0.2, 0) is 11.2 Å². The van der Waals surface area contributed by atoms with Gasteiger partial charge in [0.2, 0.25) is 0 Å². The number of hydrogen-bond donors (Lipinski definition) is 2. The van der Waals surface area contributed by atoms with Crippen LogP contribution in [0.4, 0.5) is 14.7 Å². The number of carbonyl (C=O) groups is 2. The number of urea groups is 1. The summed E-state index contributed by atoms with van der Waals surface area (Å²) in [7, 11) is 1.57. The molecule has 0 radical (unpaired) electrons. The van der Waals surface area contributed by atoms with Gasteiger partial charge in [0.25, 0.3) is 0 Å². The lowest BCUT2D eigenvalue weighted by Gasteiger charge is -2.29. The number of carbonyl (C=O) groups excluding carboxylic acids is 2. The minimum Gasteiger partial charge on any atom is -0.444 e. The number of aromatic nitrogens is 1. The lowest BCUT2D eigenvalue weighted by molar-refractivity contribution is 0.0219. The van der Waals surface area contributed by atoms with Crippen LogP contribution >= 0.6 is 11.3 Å². The Balaban J connectivity index is 1.84. The van der Waals surface area contributed by atoms with Crippen LogP contribution in [-0.4, -0.2) is 41.2 Å². The number of amides is 3. The molecule has 2 heterocycles. The lowest BCUT2D eigenvalue weighted by atomic mass is 10.0. The topological polar surface area (TPSA) is 83.6 Å². The molecule has 8 heteroatoms. The minimum absolute atomic E-state index is 0.0000813. The fourth-order valence-corrected chi connectivity index (χ4v) is 4.39. The molecule has 7 nitrogen and oxygen atoms in total. The molecule has 2 atom stereocenters. The van der Waals surface area contributed by atoms with Crippen LogP contribution in [0, 0.1) is 5.92 Å². The Labute approximate surface area is 145 Å². The van der Waals surface area contributed by atoms with E-state index in [-0.39, 0.29) is 18.2 Å². The maximum absolute atomic E-state index is 12.6. The van der Waals surface area contributed by atoms with Crippen molar-refractivity contribution in [1.29, 1.82) is 0 Å². The van der Waals surface area contributed by atoms with Crippen molar-refractivity contribution in [3.63, 3.8) is 0 Å². The van der Waals surface area contributed by atoms with Gasteiger partial charge in [-0.2, -0.15) is 0 Å². The zero-order valence-electron chi connectivity index (χ0n) is 14.5. The molecule has 0 spiro atoms. The number of hydrogen-bond acceptors (Lipinski definition) is 5. The van der Waals surface area contributed by atoms with Crippen LogP contribution in [0.3, 0.4) is 0 Å². The van der Waals surface area contributed by atoms with Crippen LogP contribution in [0.5, 0.6) is 0 Å². The van der Waals surface area contributed by atoms with Gasteiger partial charge < -0.3 is 10.1 Å². The maximum Gasteiger partial charge on any atom is 0.410 e. The summed E-state index contributed by atoms with van der Waals surface area (Å²) in [6, 6.07) is -0.285. The number of fused-ring (bicyclic) bond motifs is 4. The van der Waals surface area contributed by atoms with Gasteiger partial charge in [0.05, 0.1) is 16.6 Å². The molecule has 3 rings (SSSR count). The lowest BCUT2D eigenvalue weighted by Crippen LogP contribution is -2.37. The van der Waals surface area contributed by atoms with Crippen molar-refractivity contribution in [1.82, 2.24) is 15.2 Å². The number of ether oxygens (including phenoxy) is 1. The Kier molecular flexibility index (Phi) is 4.42. The largest absolute Gasteiger partial charge is 0.444 e. The third kappa shape index (κ3) is 3.48. The molecule has 1 aromatic rings. The van der Waals surface area contributed by atoms with E-state index in [1.165, 1.54) is 11.3 Å². The van der Waals surface area contributed by atoms with Crippen molar-refractivity contribution >= 4 is 28.6 Å². The quantitative estimate of drug-likeness (QED) is 0.813. The first-order valence-corrected chi connectivity index (χ1v) is 9.06. The van der Waals surface area contributed by atoms with Gasteiger partial charge in [-0.3, -0.25) is 10.2 Å². The highest BCUT2D eigenvalue weighted by atomic mass is 32.1. The SMILES string of the molecule is CNC(=O)Nc1nc2c(s1)C1CC(CC2)CN1C(=O)OC(C)(C)C. The maximum atomic E-state index is 12.6. The van der Waals surface area contributed by atoms with Gasteiger partial charge in [-0.1, -0.05) is 11.3 Å². The van der Waals surface area contributed by atoms with Gasteiger partial charge in [-0.25, -0.2) is 14.6 Å². The molecule has 1 aromatic heterocycles. The average molecular weight is 352 g/mol. The molecule has 3 amide bonds. The predicted octanol–water partition coefficient (Wildman–Crippen LogP) is 3.14. The number of likely N-dealkylation sites (tertiary alicyclic amines) is 1. The van der Waals surface area contributed by atoms with Crippen LogP contribution in [0.15, 0.2) is 0 Å². The molecule has 0 aromatic carbocycles. The molecule has 0 saturated carbocycles. The van der Waals surface area contributed by atoms with E-state index in [1.807, 2.05) is 25.7 Å². The molecule has 2 unspecified atom stereocenters. The molecule has 2 aliphatic rings. The fourth-order valence-electron chi connectivity index (χ4n) is 3.26. The molecule has 1 aliphatic carbocycles. The molecular formula is C16H24N4O3S. The summed E-state index contributed by atoms with van der Waals surface area (Å²) < 4.78 is 5.57. The highest BCUT2D eigenvalue weighted by Crippen LogP contribution is 2.45. The number of nitrogens with zero attached hydrogens (tertiary/aromatic N) is 2. The average Bonchev–Trinajstić information content (AvgIpc) is 3.02. The number of rotatable bonds is 1. The second kappa shape index (κ2) is 6.23. The molecule has 2 bridgehead atoms. The summed E-state index contributed by atoms with van der Waals surface area (Å²) in [5.74, 6) is 0.485. The van der Waals surface area contributed by atoms with E-state index in [2.05, 4.69) is 15.6 Å². The van der Waals surface area contributed by atoms with Crippen LogP contribution < -0.4 is 10.6 Å². The first-order chi connectivity index (χ1) is 11.3. The zero-order valence-corrected chi connectivity index (χ0v) is 15.3. The molecule has 24 heavy (non-hydrogen) atoms. The monoisotopic (exact) mass is 352 g/mol. The highest BCUT2D eigenvalue weighted by molar-refractivity contribution is 7.16. The van der Waals surface area contributed by atoms with Gasteiger partial charge in [0, 0.05) is 13.6 Å². The van der Waals surface area contributed by atoms with Crippen molar-refractivity contribution in [2.75, 3.05) is 18.9 Å². The van der Waals surface area contributed by atoms with Crippen molar-refractivity contribution < 1.29 is 14.3 Å². The summed E-state index contributed by atoms with van der Waals surface area (Å²) in [5, 5.41) is 5.83. The van der Waals surface area contributed by atoms with E-state index in [0.29, 0.717) is 11.0 Å². The number of anilines is 1. The van der Waals surface area contributed by atoms with Crippen LogP contribution in [0.2, 0.25) is 0 Å². The van der Waals surface area contributed by atoms with Gasteiger partial charge in [0.15, 0.2) is 5.13 Å². The van der Waals surface area contributed by atoms with E-state index in [1.54, 1.807) is 7.05 Å². The van der Waals surface area contributed by atoms with E-state index < -0.39 is 5.60 Å². The first-order valence-electron chi connectivity index (χ1n) is 8.25. The first kappa shape index (κ1) is 17.0. The van der Waals surface area contributed by atoms with Crippen molar-refractivity contribution in [3.8, 4) is 0 Å². The van der Waals surface area contributed by atoms with E-state index in [9.17, 15) is 9.59 Å². The predicted molar refractivity (Wildman–Crippen MR) is 92.3 cm³/mol. The molecule has 1 saturated heterocycles. The number of thiazole rings is 1. The minimum atomic E-state index is -0.508. The van der Waals surface area contributed by atoms with E-state index in [0.717, 1.165) is 36.4 Å². The van der Waals surface area contributed by atoms with Gasteiger partial charge in [-0.15, -0.1) is 0 Å². The summed E-state index contributed by atoms with van der Waals surface area (Å²) in [6.07, 6.45) is 2.57. The smallest absolute Gasteiger partial charge is 0.410 e. The van der Waals surface area contributed by atoms with Crippen molar-refractivity contribution in [3.05, 3.63) is 10.6 Å². The van der Waals surface area contributed by atoms with E-state index in [4.69, 9.17) is 4.74 Å². The second-order valence-corrected chi connectivity index (χ2v) is 8.35. The van der Waals surface area contributed by atoms with Crippen LogP contribution in [0.25, 0.3) is 0 Å². The third-order valence-corrected chi connectivity index (χ3v) is 5.40. The highest BCUT2D eigenvalue weighted by Gasteiger charge is 2.42. The Morgan fingerprint density at radius 3 is 2.79 bits per heavy atom. The van der Waals surface area contributed by atoms with Gasteiger partial charge >= 0.3 is 12.1 Å². The molecule has 1 fully saturated rings. The molecular weight excluding hydrogens is 328 g/mol. The Hall–Kier alpha value is -1.83. The Morgan fingerprint density at radius 1 is 1.38 bits per heavy atom. The fraction of sp³-hybridized carbons (Fsp3) is 0.688. The van der Waals surface area contributed by atoms with Gasteiger partial charge in [0.1, 0.15) is 5.60 Å². The zero-order chi connectivity index (χ0) is 17.5. The molecule has 132 valence electrons. The van der Waals surface area contributed by atoms with E-state index >= 15 is 0 Å². The summed E-state index contributed by atoms with van der Waals surface area (Å²) in [6.45, 7) is 6.36.